The van der Waals surface area contributed by atoms with Crippen molar-refractivity contribution in [3.63, 3.8) is 0 Å². The molecule has 8 N–H and O–H groups in total. The van der Waals surface area contributed by atoms with Gasteiger partial charge in [0.15, 0.2) is 6.29 Å². The van der Waals surface area contributed by atoms with Crippen molar-refractivity contribution in [2.45, 2.75) is 75.3 Å². The van der Waals surface area contributed by atoms with Crippen LogP contribution < -0.4 is 4.74 Å². The van der Waals surface area contributed by atoms with Crippen LogP contribution in [0.25, 0.3) is 0 Å². The molecule has 2 saturated heterocycles. The van der Waals surface area contributed by atoms with Gasteiger partial charge in [-0.15, -0.1) is 0 Å². The van der Waals surface area contributed by atoms with E-state index < -0.39 is 78.7 Å². The van der Waals surface area contributed by atoms with Gasteiger partial charge in [0.25, 0.3) is 0 Å². The molecule has 10 atom stereocenters. The summed E-state index contributed by atoms with van der Waals surface area (Å²) >= 11 is 0. The number of phenolic OH excluding ortho intramolecular Hbond substituents is 3. The smallest absolute Gasteiger partial charge is 0.229 e. The number of hydrogen-bond acceptors (Lipinski definition) is 13. The lowest BCUT2D eigenvalue weighted by molar-refractivity contribution is -0.345. The first-order chi connectivity index (χ1) is 17.9. The Morgan fingerprint density at radius 2 is 1.34 bits per heavy atom. The molecule has 38 heavy (non-hydrogen) atoms. The molecule has 2 aliphatic heterocycles. The molecule has 0 bridgehead atoms. The maximum absolute atomic E-state index is 13.1. The third-order valence-electron chi connectivity index (χ3n) is 6.54. The SMILES string of the molecule is C[C@@H]1O[C@@H](O[C@@H]2[C@@H](O)[C@@H](O)[C@H](Oc3cc(O)cc(O)c3C(=O)c3ccc(O)cc3)O[C@H]2C)[C@H](O)[C@H](O)[C@H]1O. The molecule has 0 radical (unpaired) electrons. The van der Waals surface area contributed by atoms with Gasteiger partial charge >= 0.3 is 0 Å². The van der Waals surface area contributed by atoms with Crippen LogP contribution in [0.4, 0.5) is 0 Å². The van der Waals surface area contributed by atoms with Crippen molar-refractivity contribution in [2.75, 3.05) is 0 Å². The highest BCUT2D eigenvalue weighted by Crippen LogP contribution is 2.37. The van der Waals surface area contributed by atoms with Gasteiger partial charge in [-0.2, -0.15) is 0 Å². The van der Waals surface area contributed by atoms with E-state index in [0.717, 1.165) is 12.1 Å². The van der Waals surface area contributed by atoms with Crippen LogP contribution in [0, 0.1) is 0 Å². The molecule has 0 aromatic heterocycles. The summed E-state index contributed by atoms with van der Waals surface area (Å²) in [6, 6.07) is 7.10. The number of aromatic hydroxyl groups is 3. The van der Waals surface area contributed by atoms with Crippen LogP contribution in [0.15, 0.2) is 36.4 Å². The van der Waals surface area contributed by atoms with E-state index in [1.54, 1.807) is 0 Å². The molecule has 2 aromatic rings. The fraction of sp³-hybridized carbons (Fsp3) is 0.480. The van der Waals surface area contributed by atoms with Gasteiger partial charge in [0, 0.05) is 17.7 Å². The largest absolute Gasteiger partial charge is 0.508 e. The van der Waals surface area contributed by atoms with Crippen LogP contribution in [0.3, 0.4) is 0 Å². The molecule has 2 aromatic carbocycles. The molecule has 2 heterocycles. The van der Waals surface area contributed by atoms with Crippen molar-refractivity contribution in [1.29, 1.82) is 0 Å². The lowest BCUT2D eigenvalue weighted by Crippen LogP contribution is -2.63. The molecule has 2 fully saturated rings. The van der Waals surface area contributed by atoms with Crippen molar-refractivity contribution >= 4 is 5.78 Å². The van der Waals surface area contributed by atoms with Crippen molar-refractivity contribution in [3.8, 4) is 23.0 Å². The zero-order valence-corrected chi connectivity index (χ0v) is 20.4. The fourth-order valence-electron chi connectivity index (χ4n) is 4.36. The Bertz CT molecular complexity index is 1140. The van der Waals surface area contributed by atoms with E-state index in [1.165, 1.54) is 38.1 Å². The zero-order valence-electron chi connectivity index (χ0n) is 20.4. The van der Waals surface area contributed by atoms with Gasteiger partial charge in [0.1, 0.15) is 65.2 Å². The average molecular weight is 539 g/mol. The highest BCUT2D eigenvalue weighted by Gasteiger charge is 2.49. The Balaban J connectivity index is 1.54. The number of rotatable bonds is 6. The Morgan fingerprint density at radius 1 is 0.737 bits per heavy atom. The monoisotopic (exact) mass is 538 g/mol. The first kappa shape index (κ1) is 28.0. The molecular weight excluding hydrogens is 508 g/mol. The number of carbonyl (C=O) groups excluding carboxylic acids is 1. The topological polar surface area (TPSA) is 216 Å². The maximum Gasteiger partial charge on any atom is 0.229 e. The van der Waals surface area contributed by atoms with Crippen molar-refractivity contribution in [3.05, 3.63) is 47.5 Å². The lowest BCUT2D eigenvalue weighted by atomic mass is 9.97. The van der Waals surface area contributed by atoms with Crippen LogP contribution in [-0.2, 0) is 14.2 Å². The van der Waals surface area contributed by atoms with Gasteiger partial charge in [0.05, 0.1) is 12.2 Å². The zero-order chi connectivity index (χ0) is 27.9. The quantitative estimate of drug-likeness (QED) is 0.209. The number of phenols is 3. The maximum atomic E-state index is 13.1. The normalized spacial score (nSPS) is 35.6. The summed E-state index contributed by atoms with van der Waals surface area (Å²) in [5, 5.41) is 81.5. The number of ether oxygens (including phenoxy) is 4. The average Bonchev–Trinajstić information content (AvgIpc) is 2.86. The van der Waals surface area contributed by atoms with Crippen molar-refractivity contribution < 1.29 is 64.6 Å². The summed E-state index contributed by atoms with van der Waals surface area (Å²) in [6.45, 7) is 2.91. The first-order valence-electron chi connectivity index (χ1n) is 11.8. The van der Waals surface area contributed by atoms with Crippen LogP contribution in [-0.4, -0.2) is 108 Å². The second kappa shape index (κ2) is 11.0. The standard InChI is InChI=1S/C25H30O13/c1-9-17(29)19(31)21(33)25(35-9)38-23-10(2)36-24(22(34)20(23)32)37-15-8-13(27)7-14(28)16(15)18(30)11-3-5-12(26)6-4-11/h3-10,17,19-29,31-34H,1-2H3/t9-,10-,17-,19+,20-,21+,22+,23-,24-,25-/m0/s1. The number of aliphatic hydroxyl groups excluding tert-OH is 5. The number of benzene rings is 2. The molecule has 4 rings (SSSR count). The van der Waals surface area contributed by atoms with E-state index in [2.05, 4.69) is 0 Å². The van der Waals surface area contributed by atoms with Crippen molar-refractivity contribution in [1.82, 2.24) is 0 Å². The molecule has 13 nitrogen and oxygen atoms in total. The minimum atomic E-state index is -1.79. The summed E-state index contributed by atoms with van der Waals surface area (Å²) in [4.78, 5) is 13.1. The second-order valence-corrected chi connectivity index (χ2v) is 9.30. The molecule has 2 aliphatic rings. The third kappa shape index (κ3) is 5.41. The summed E-state index contributed by atoms with van der Waals surface area (Å²) in [6.07, 6.45) is -14.3. The van der Waals surface area contributed by atoms with Crippen LogP contribution in [0.5, 0.6) is 23.0 Å². The number of hydrogen-bond donors (Lipinski definition) is 8. The lowest BCUT2D eigenvalue weighted by Gasteiger charge is -2.45. The molecule has 0 saturated carbocycles. The first-order valence-corrected chi connectivity index (χ1v) is 11.8. The van der Waals surface area contributed by atoms with E-state index in [0.29, 0.717) is 0 Å². The summed E-state index contributed by atoms with van der Waals surface area (Å²) in [5.74, 6) is -2.26. The van der Waals surface area contributed by atoms with Crippen LogP contribution in [0.1, 0.15) is 29.8 Å². The highest BCUT2D eigenvalue weighted by molar-refractivity contribution is 6.12. The molecular formula is C25H30O13. The van der Waals surface area contributed by atoms with E-state index in [1.807, 2.05) is 0 Å². The van der Waals surface area contributed by atoms with Gasteiger partial charge in [-0.05, 0) is 38.1 Å². The number of carbonyl (C=O) groups is 1. The van der Waals surface area contributed by atoms with Gasteiger partial charge in [-0.3, -0.25) is 4.79 Å². The Hall–Kier alpha value is -3.01. The number of ketones is 1. The molecule has 0 aliphatic carbocycles. The number of aliphatic hydroxyl groups is 5. The van der Waals surface area contributed by atoms with E-state index in [9.17, 15) is 45.6 Å². The molecule has 0 amide bonds. The van der Waals surface area contributed by atoms with Crippen LogP contribution in [0.2, 0.25) is 0 Å². The van der Waals surface area contributed by atoms with E-state index in [-0.39, 0.29) is 22.6 Å². The molecule has 208 valence electrons. The minimum absolute atomic E-state index is 0.0770. The Morgan fingerprint density at radius 3 is 2.00 bits per heavy atom. The fourth-order valence-corrected chi connectivity index (χ4v) is 4.36. The summed E-state index contributed by atoms with van der Waals surface area (Å²) < 4.78 is 22.3. The minimum Gasteiger partial charge on any atom is -0.508 e. The summed E-state index contributed by atoms with van der Waals surface area (Å²) in [7, 11) is 0. The van der Waals surface area contributed by atoms with Gasteiger partial charge in [-0.25, -0.2) is 0 Å². The predicted octanol–water partition coefficient (Wildman–Crippen LogP) is -0.908. The van der Waals surface area contributed by atoms with Gasteiger partial charge in [0.2, 0.25) is 12.1 Å². The Kier molecular flexibility index (Phi) is 8.11. The third-order valence-corrected chi connectivity index (χ3v) is 6.54. The van der Waals surface area contributed by atoms with Gasteiger partial charge < -0.3 is 59.8 Å². The summed E-state index contributed by atoms with van der Waals surface area (Å²) in [5.41, 5.74) is -0.293. The molecule has 13 heteroatoms. The van der Waals surface area contributed by atoms with Gasteiger partial charge in [-0.1, -0.05) is 0 Å². The Labute approximate surface area is 216 Å². The van der Waals surface area contributed by atoms with Crippen LogP contribution >= 0.6 is 0 Å². The molecule has 0 unspecified atom stereocenters. The van der Waals surface area contributed by atoms with E-state index in [4.69, 9.17) is 18.9 Å². The van der Waals surface area contributed by atoms with E-state index >= 15 is 0 Å². The predicted molar refractivity (Wildman–Crippen MR) is 126 cm³/mol. The molecule has 0 spiro atoms. The second-order valence-electron chi connectivity index (χ2n) is 9.30. The van der Waals surface area contributed by atoms with Crippen molar-refractivity contribution in [2.24, 2.45) is 0 Å². The highest BCUT2D eigenvalue weighted by atomic mass is 16.7.